The van der Waals surface area contributed by atoms with Crippen LogP contribution in [-0.2, 0) is 0 Å². The Kier molecular flexibility index (Phi) is 4.94. The Labute approximate surface area is 88.9 Å². The topological polar surface area (TPSA) is 20.2 Å². The van der Waals surface area contributed by atoms with Crippen LogP contribution in [0.2, 0.25) is 0 Å². The lowest BCUT2D eigenvalue weighted by atomic mass is 9.71. The van der Waals surface area contributed by atoms with Crippen LogP contribution in [-0.4, -0.2) is 10.7 Å². The Morgan fingerprint density at radius 1 is 1.21 bits per heavy atom. The Bertz CT molecular complexity index is 153. The highest BCUT2D eigenvalue weighted by atomic mass is 16.3. The largest absolute Gasteiger partial charge is 0.390 e. The van der Waals surface area contributed by atoms with Crippen LogP contribution in [0.5, 0.6) is 0 Å². The normalized spacial score (nSPS) is 33.2. The van der Waals surface area contributed by atoms with Crippen LogP contribution in [0.3, 0.4) is 0 Å². The van der Waals surface area contributed by atoms with Gasteiger partial charge in [-0.25, -0.2) is 0 Å². The SMILES string of the molecule is CCCCC1(O)CCCCC1CCC. The van der Waals surface area contributed by atoms with Crippen LogP contribution in [0.4, 0.5) is 0 Å². The first-order valence-corrected chi connectivity index (χ1v) is 6.45. The van der Waals surface area contributed by atoms with Crippen molar-refractivity contribution in [2.24, 2.45) is 5.92 Å². The van der Waals surface area contributed by atoms with Gasteiger partial charge in [0.15, 0.2) is 0 Å². The molecule has 1 saturated carbocycles. The smallest absolute Gasteiger partial charge is 0.0675 e. The maximum Gasteiger partial charge on any atom is 0.0675 e. The molecule has 0 radical (unpaired) electrons. The maximum absolute atomic E-state index is 10.6. The van der Waals surface area contributed by atoms with Gasteiger partial charge in [-0.1, -0.05) is 46.0 Å². The zero-order valence-electron chi connectivity index (χ0n) is 9.89. The number of rotatable bonds is 5. The molecule has 0 aromatic rings. The Morgan fingerprint density at radius 3 is 2.64 bits per heavy atom. The van der Waals surface area contributed by atoms with Crippen LogP contribution >= 0.6 is 0 Å². The minimum absolute atomic E-state index is 0.301. The molecule has 2 atom stereocenters. The molecule has 1 heteroatoms. The van der Waals surface area contributed by atoms with Gasteiger partial charge in [0.25, 0.3) is 0 Å². The highest BCUT2D eigenvalue weighted by Gasteiger charge is 2.37. The van der Waals surface area contributed by atoms with E-state index in [-0.39, 0.29) is 5.60 Å². The van der Waals surface area contributed by atoms with Crippen molar-refractivity contribution < 1.29 is 5.11 Å². The van der Waals surface area contributed by atoms with Gasteiger partial charge in [-0.2, -0.15) is 0 Å². The van der Waals surface area contributed by atoms with E-state index < -0.39 is 0 Å². The lowest BCUT2D eigenvalue weighted by molar-refractivity contribution is -0.0595. The van der Waals surface area contributed by atoms with Crippen molar-refractivity contribution in [2.45, 2.75) is 77.2 Å². The third-order valence-corrected chi connectivity index (χ3v) is 3.77. The van der Waals surface area contributed by atoms with Gasteiger partial charge in [0.05, 0.1) is 5.60 Å². The molecule has 0 bridgehead atoms. The van der Waals surface area contributed by atoms with Crippen molar-refractivity contribution in [1.82, 2.24) is 0 Å². The van der Waals surface area contributed by atoms with E-state index in [4.69, 9.17) is 0 Å². The molecule has 0 aliphatic heterocycles. The molecule has 1 N–H and O–H groups in total. The van der Waals surface area contributed by atoms with Crippen LogP contribution in [0.1, 0.15) is 71.6 Å². The van der Waals surface area contributed by atoms with Crippen molar-refractivity contribution in [2.75, 3.05) is 0 Å². The molecule has 1 aliphatic rings. The maximum atomic E-state index is 10.6. The Morgan fingerprint density at radius 2 is 2.00 bits per heavy atom. The van der Waals surface area contributed by atoms with Gasteiger partial charge in [-0.05, 0) is 31.6 Å². The summed E-state index contributed by atoms with van der Waals surface area (Å²) in [4.78, 5) is 0. The van der Waals surface area contributed by atoms with E-state index >= 15 is 0 Å². The minimum atomic E-state index is -0.301. The number of unbranched alkanes of at least 4 members (excludes halogenated alkanes) is 1. The van der Waals surface area contributed by atoms with Gasteiger partial charge in [0.2, 0.25) is 0 Å². The average Bonchev–Trinajstić information content (AvgIpc) is 2.19. The number of hydrogen-bond donors (Lipinski definition) is 1. The molecular weight excluding hydrogens is 172 g/mol. The molecule has 0 heterocycles. The summed E-state index contributed by atoms with van der Waals surface area (Å²) in [7, 11) is 0. The monoisotopic (exact) mass is 198 g/mol. The zero-order valence-corrected chi connectivity index (χ0v) is 9.89. The van der Waals surface area contributed by atoms with Crippen LogP contribution in [0, 0.1) is 5.92 Å². The molecule has 1 aliphatic carbocycles. The summed E-state index contributed by atoms with van der Waals surface area (Å²) in [6.45, 7) is 4.44. The lowest BCUT2D eigenvalue weighted by Crippen LogP contribution is -2.40. The lowest BCUT2D eigenvalue weighted by Gasteiger charge is -2.40. The quantitative estimate of drug-likeness (QED) is 0.710. The fraction of sp³-hybridized carbons (Fsp3) is 1.00. The first kappa shape index (κ1) is 12.0. The fourth-order valence-electron chi connectivity index (χ4n) is 2.87. The molecule has 0 aromatic carbocycles. The zero-order chi connectivity index (χ0) is 10.4. The van der Waals surface area contributed by atoms with Gasteiger partial charge in [0.1, 0.15) is 0 Å². The van der Waals surface area contributed by atoms with Crippen LogP contribution in [0.15, 0.2) is 0 Å². The summed E-state index contributed by atoms with van der Waals surface area (Å²) in [6.07, 6.45) is 10.8. The van der Waals surface area contributed by atoms with E-state index in [1.165, 1.54) is 44.9 Å². The predicted molar refractivity (Wildman–Crippen MR) is 61.3 cm³/mol. The summed E-state index contributed by atoms with van der Waals surface area (Å²) < 4.78 is 0. The van der Waals surface area contributed by atoms with Crippen molar-refractivity contribution in [3.8, 4) is 0 Å². The van der Waals surface area contributed by atoms with E-state index in [2.05, 4.69) is 13.8 Å². The highest BCUT2D eigenvalue weighted by molar-refractivity contribution is 4.89. The molecule has 0 saturated heterocycles. The summed E-state index contributed by atoms with van der Waals surface area (Å²) in [5.41, 5.74) is -0.301. The molecule has 84 valence electrons. The third-order valence-electron chi connectivity index (χ3n) is 3.77. The second-order valence-corrected chi connectivity index (χ2v) is 4.94. The first-order chi connectivity index (χ1) is 6.73. The van der Waals surface area contributed by atoms with Crippen molar-refractivity contribution in [3.63, 3.8) is 0 Å². The standard InChI is InChI=1S/C13H26O/c1-3-5-10-13(14)11-7-6-9-12(13)8-4-2/h12,14H,3-11H2,1-2H3. The van der Waals surface area contributed by atoms with E-state index in [0.29, 0.717) is 5.92 Å². The fourth-order valence-corrected chi connectivity index (χ4v) is 2.87. The molecule has 0 amide bonds. The first-order valence-electron chi connectivity index (χ1n) is 6.45. The van der Waals surface area contributed by atoms with E-state index in [0.717, 1.165) is 12.8 Å². The average molecular weight is 198 g/mol. The second kappa shape index (κ2) is 5.75. The second-order valence-electron chi connectivity index (χ2n) is 4.94. The molecule has 1 fully saturated rings. The Balaban J connectivity index is 2.49. The van der Waals surface area contributed by atoms with Crippen molar-refractivity contribution >= 4 is 0 Å². The van der Waals surface area contributed by atoms with E-state index in [1.807, 2.05) is 0 Å². The molecule has 1 rings (SSSR count). The van der Waals surface area contributed by atoms with Gasteiger partial charge in [-0.3, -0.25) is 0 Å². The van der Waals surface area contributed by atoms with Crippen LogP contribution < -0.4 is 0 Å². The van der Waals surface area contributed by atoms with Gasteiger partial charge in [-0.15, -0.1) is 0 Å². The van der Waals surface area contributed by atoms with Gasteiger partial charge < -0.3 is 5.11 Å². The molecule has 2 unspecified atom stereocenters. The van der Waals surface area contributed by atoms with E-state index in [1.54, 1.807) is 0 Å². The molecule has 14 heavy (non-hydrogen) atoms. The summed E-state index contributed by atoms with van der Waals surface area (Å²) >= 11 is 0. The summed E-state index contributed by atoms with van der Waals surface area (Å²) in [5.74, 6) is 0.591. The number of aliphatic hydroxyl groups is 1. The van der Waals surface area contributed by atoms with Crippen molar-refractivity contribution in [3.05, 3.63) is 0 Å². The Hall–Kier alpha value is -0.0400. The summed E-state index contributed by atoms with van der Waals surface area (Å²) in [6, 6.07) is 0. The minimum Gasteiger partial charge on any atom is -0.390 e. The molecule has 0 spiro atoms. The molecular formula is C13H26O. The van der Waals surface area contributed by atoms with Gasteiger partial charge >= 0.3 is 0 Å². The van der Waals surface area contributed by atoms with Crippen LogP contribution in [0.25, 0.3) is 0 Å². The van der Waals surface area contributed by atoms with Gasteiger partial charge in [0, 0.05) is 0 Å². The van der Waals surface area contributed by atoms with E-state index in [9.17, 15) is 5.11 Å². The number of hydrogen-bond acceptors (Lipinski definition) is 1. The molecule has 1 nitrogen and oxygen atoms in total. The highest BCUT2D eigenvalue weighted by Crippen LogP contribution is 2.39. The van der Waals surface area contributed by atoms with Crippen molar-refractivity contribution in [1.29, 1.82) is 0 Å². The molecule has 0 aromatic heterocycles. The predicted octanol–water partition coefficient (Wildman–Crippen LogP) is 3.90. The third kappa shape index (κ3) is 2.98. The summed E-state index contributed by atoms with van der Waals surface area (Å²) in [5, 5.41) is 10.6.